The summed E-state index contributed by atoms with van der Waals surface area (Å²) in [6.07, 6.45) is 9.88. The van der Waals surface area contributed by atoms with E-state index in [4.69, 9.17) is 0 Å². The zero-order chi connectivity index (χ0) is 16.8. The molecule has 2 aliphatic heterocycles. The summed E-state index contributed by atoms with van der Waals surface area (Å²) in [6.45, 7) is 7.06. The van der Waals surface area contributed by atoms with Crippen LogP contribution < -0.4 is 9.80 Å². The lowest BCUT2D eigenvalue weighted by Crippen LogP contribution is -2.19. The molecular weight excluding hydrogens is 334 g/mol. The van der Waals surface area contributed by atoms with Crippen LogP contribution in [0.5, 0.6) is 0 Å². The van der Waals surface area contributed by atoms with Crippen molar-refractivity contribution in [3.05, 3.63) is 48.7 Å². The van der Waals surface area contributed by atoms with Gasteiger partial charge in [-0.3, -0.25) is 0 Å². The molecule has 0 radical (unpaired) electrons. The molecule has 0 spiro atoms. The number of aromatic nitrogens is 5. The third kappa shape index (κ3) is 2.41. The summed E-state index contributed by atoms with van der Waals surface area (Å²) in [5, 5.41) is 5.77. The first-order valence-corrected chi connectivity index (χ1v) is 9.10. The lowest BCUT2D eigenvalue weighted by Gasteiger charge is -2.17. The van der Waals surface area contributed by atoms with E-state index in [2.05, 4.69) is 35.8 Å². The maximum absolute atomic E-state index is 4.68. The highest BCUT2D eigenvalue weighted by Gasteiger charge is 2.28. The van der Waals surface area contributed by atoms with Gasteiger partial charge in [-0.1, -0.05) is 6.58 Å². The summed E-state index contributed by atoms with van der Waals surface area (Å²) in [5.74, 6) is 1.68. The molecule has 126 valence electrons. The zero-order valence-corrected chi connectivity index (χ0v) is 14.5. The van der Waals surface area contributed by atoms with Crippen LogP contribution in [0, 0.1) is 0 Å². The summed E-state index contributed by atoms with van der Waals surface area (Å²) in [4.78, 5) is 13.5. The average molecular weight is 351 g/mol. The Morgan fingerprint density at radius 2 is 1.88 bits per heavy atom. The van der Waals surface area contributed by atoms with E-state index in [1.54, 1.807) is 17.1 Å². The SMILES string of the molecule is C=C1c2cn(-c3cnc(N4CCCC4)cn3)nc2CN1c1ccns1. The van der Waals surface area contributed by atoms with Crippen molar-refractivity contribution < 1.29 is 0 Å². The van der Waals surface area contributed by atoms with Gasteiger partial charge in [-0.2, -0.15) is 9.47 Å². The largest absolute Gasteiger partial charge is 0.355 e. The minimum absolute atomic E-state index is 0.711. The number of anilines is 2. The molecule has 25 heavy (non-hydrogen) atoms. The smallest absolute Gasteiger partial charge is 0.171 e. The molecule has 0 aromatic carbocycles. The van der Waals surface area contributed by atoms with Crippen molar-refractivity contribution in [1.82, 2.24) is 24.1 Å². The molecule has 1 saturated heterocycles. The second-order valence-corrected chi connectivity index (χ2v) is 7.06. The standard InChI is InChI=1S/C17H17N7S/c1-12-13-10-24(21-14(13)11-23(12)17-4-5-20-25-17)16-9-18-15(8-19-16)22-6-2-3-7-22/h4-5,8-10H,1-3,6-7,11H2. The Labute approximate surface area is 149 Å². The highest BCUT2D eigenvalue weighted by molar-refractivity contribution is 7.10. The van der Waals surface area contributed by atoms with E-state index in [1.165, 1.54) is 24.4 Å². The predicted octanol–water partition coefficient (Wildman–Crippen LogP) is 2.71. The second-order valence-electron chi connectivity index (χ2n) is 6.24. The van der Waals surface area contributed by atoms with Gasteiger partial charge in [0.1, 0.15) is 10.8 Å². The Balaban J connectivity index is 1.40. The normalized spacial score (nSPS) is 16.7. The Morgan fingerprint density at radius 3 is 2.56 bits per heavy atom. The maximum Gasteiger partial charge on any atom is 0.171 e. The van der Waals surface area contributed by atoms with Gasteiger partial charge in [-0.05, 0) is 30.4 Å². The Morgan fingerprint density at radius 1 is 1.08 bits per heavy atom. The van der Waals surface area contributed by atoms with Gasteiger partial charge < -0.3 is 9.80 Å². The first-order valence-electron chi connectivity index (χ1n) is 8.33. The van der Waals surface area contributed by atoms with Crippen molar-refractivity contribution in [3.8, 4) is 5.82 Å². The van der Waals surface area contributed by atoms with E-state index in [1.807, 2.05) is 18.5 Å². The van der Waals surface area contributed by atoms with Crippen molar-refractivity contribution in [2.45, 2.75) is 19.4 Å². The Hall–Kier alpha value is -2.74. The van der Waals surface area contributed by atoms with E-state index >= 15 is 0 Å². The minimum atomic E-state index is 0.711. The highest BCUT2D eigenvalue weighted by Crippen LogP contribution is 2.36. The van der Waals surface area contributed by atoms with E-state index in [0.717, 1.165) is 46.7 Å². The van der Waals surface area contributed by atoms with Gasteiger partial charge in [0.15, 0.2) is 5.82 Å². The second kappa shape index (κ2) is 5.66. The Kier molecular flexibility index (Phi) is 3.30. The highest BCUT2D eigenvalue weighted by atomic mass is 32.1. The number of hydrogen-bond donors (Lipinski definition) is 0. The summed E-state index contributed by atoms with van der Waals surface area (Å²) >= 11 is 1.47. The molecule has 5 rings (SSSR count). The van der Waals surface area contributed by atoms with E-state index < -0.39 is 0 Å². The van der Waals surface area contributed by atoms with Crippen molar-refractivity contribution >= 4 is 28.0 Å². The first-order chi connectivity index (χ1) is 12.3. The monoisotopic (exact) mass is 351 g/mol. The predicted molar refractivity (Wildman–Crippen MR) is 97.9 cm³/mol. The lowest BCUT2D eigenvalue weighted by atomic mass is 10.2. The van der Waals surface area contributed by atoms with Gasteiger partial charge in [0.05, 0.1) is 24.6 Å². The van der Waals surface area contributed by atoms with Gasteiger partial charge in [0, 0.05) is 36.7 Å². The molecule has 0 amide bonds. The molecule has 3 aromatic heterocycles. The van der Waals surface area contributed by atoms with Crippen LogP contribution in [-0.4, -0.2) is 37.2 Å². The van der Waals surface area contributed by atoms with Gasteiger partial charge >= 0.3 is 0 Å². The van der Waals surface area contributed by atoms with Crippen LogP contribution in [0.15, 0.2) is 37.4 Å². The van der Waals surface area contributed by atoms with Crippen LogP contribution in [0.3, 0.4) is 0 Å². The number of fused-ring (bicyclic) bond motifs is 1. The number of rotatable bonds is 3. The maximum atomic E-state index is 4.68. The fourth-order valence-electron chi connectivity index (χ4n) is 3.38. The molecular formula is C17H17N7S. The van der Waals surface area contributed by atoms with E-state index in [-0.39, 0.29) is 0 Å². The van der Waals surface area contributed by atoms with E-state index in [0.29, 0.717) is 6.54 Å². The third-order valence-electron chi connectivity index (χ3n) is 4.71. The first kappa shape index (κ1) is 14.6. The quantitative estimate of drug-likeness (QED) is 0.723. The topological polar surface area (TPSA) is 63.0 Å². The molecule has 8 heteroatoms. The summed E-state index contributed by atoms with van der Waals surface area (Å²) < 4.78 is 5.96. The zero-order valence-electron chi connectivity index (χ0n) is 13.7. The molecule has 3 aromatic rings. The molecule has 2 aliphatic rings. The minimum Gasteiger partial charge on any atom is -0.355 e. The van der Waals surface area contributed by atoms with Crippen LogP contribution in [0.1, 0.15) is 24.1 Å². The number of nitrogens with zero attached hydrogens (tertiary/aromatic N) is 7. The molecule has 0 unspecified atom stereocenters. The van der Waals surface area contributed by atoms with Crippen molar-refractivity contribution in [2.75, 3.05) is 22.9 Å². The molecule has 1 fully saturated rings. The molecule has 0 saturated carbocycles. The van der Waals surface area contributed by atoms with Crippen molar-refractivity contribution in [1.29, 1.82) is 0 Å². The van der Waals surface area contributed by atoms with Gasteiger partial charge in [-0.25, -0.2) is 14.6 Å². The average Bonchev–Trinajstić information content (AvgIpc) is 3.42. The lowest BCUT2D eigenvalue weighted by molar-refractivity contribution is 0.797. The number of hydrogen-bond acceptors (Lipinski definition) is 7. The van der Waals surface area contributed by atoms with Crippen LogP contribution in [0.25, 0.3) is 11.5 Å². The van der Waals surface area contributed by atoms with Crippen molar-refractivity contribution in [3.63, 3.8) is 0 Å². The Bertz CT molecular complexity index is 907. The van der Waals surface area contributed by atoms with Gasteiger partial charge in [-0.15, -0.1) is 0 Å². The van der Waals surface area contributed by atoms with Gasteiger partial charge in [0.2, 0.25) is 0 Å². The molecule has 7 nitrogen and oxygen atoms in total. The van der Waals surface area contributed by atoms with Crippen LogP contribution in [0.2, 0.25) is 0 Å². The molecule has 0 aliphatic carbocycles. The van der Waals surface area contributed by atoms with Crippen LogP contribution >= 0.6 is 11.5 Å². The van der Waals surface area contributed by atoms with Crippen molar-refractivity contribution in [2.24, 2.45) is 0 Å². The summed E-state index contributed by atoms with van der Waals surface area (Å²) in [5.41, 5.74) is 3.01. The third-order valence-corrected chi connectivity index (χ3v) is 5.49. The molecule has 0 N–H and O–H groups in total. The van der Waals surface area contributed by atoms with Crippen LogP contribution in [-0.2, 0) is 6.54 Å². The fourth-order valence-corrected chi connectivity index (χ4v) is 4.00. The molecule has 5 heterocycles. The molecule has 0 bridgehead atoms. The fraction of sp³-hybridized carbons (Fsp3) is 0.294. The molecule has 0 atom stereocenters. The summed E-state index contributed by atoms with van der Waals surface area (Å²) in [7, 11) is 0. The van der Waals surface area contributed by atoms with Crippen LogP contribution in [0.4, 0.5) is 10.8 Å². The van der Waals surface area contributed by atoms with Gasteiger partial charge in [0.25, 0.3) is 0 Å². The van der Waals surface area contributed by atoms with E-state index in [9.17, 15) is 0 Å². The summed E-state index contributed by atoms with van der Waals surface area (Å²) in [6, 6.07) is 2.00.